The molecular weight excluding hydrogens is 446 g/mol. The van der Waals surface area contributed by atoms with Crippen LogP contribution < -0.4 is 4.74 Å². The lowest BCUT2D eigenvalue weighted by Crippen LogP contribution is -2.49. The number of cyclic esters (lactones) is 1. The molecule has 2 N–H and O–H groups in total. The van der Waals surface area contributed by atoms with Crippen molar-refractivity contribution in [3.63, 3.8) is 0 Å². The lowest BCUT2D eigenvalue weighted by atomic mass is 10.0. The summed E-state index contributed by atoms with van der Waals surface area (Å²) in [5.74, 6) is 0.0435. The minimum absolute atomic E-state index is 0.0278. The van der Waals surface area contributed by atoms with Gasteiger partial charge < -0.3 is 19.7 Å². The number of aliphatic hydroxyl groups excluding tert-OH is 1. The fourth-order valence-corrected chi connectivity index (χ4v) is 4.08. The fraction of sp³-hybridized carbons (Fsp3) is 0.286. The molecule has 35 heavy (non-hydrogen) atoms. The van der Waals surface area contributed by atoms with Crippen molar-refractivity contribution in [1.82, 2.24) is 4.90 Å². The minimum atomic E-state index is -1.41. The largest absolute Gasteiger partial charge is 0.508 e. The Balaban J connectivity index is 1.63. The van der Waals surface area contributed by atoms with Gasteiger partial charge in [-0.1, -0.05) is 68.4 Å². The number of benzene rings is 3. The van der Waals surface area contributed by atoms with E-state index >= 15 is 0 Å². The first-order chi connectivity index (χ1) is 16.8. The maximum Gasteiger partial charge on any atom is 0.417 e. The molecule has 3 atom stereocenters. The number of carbonyl (C=O) groups excluding carboxylic acids is 2. The number of nitrogens with zero attached hydrogens (tertiary/aromatic N) is 1. The van der Waals surface area contributed by atoms with E-state index in [0.29, 0.717) is 23.7 Å². The topological polar surface area (TPSA) is 96.3 Å². The molecule has 1 heterocycles. The number of hydrogen-bond acceptors (Lipinski definition) is 6. The highest BCUT2D eigenvalue weighted by atomic mass is 16.6. The van der Waals surface area contributed by atoms with Gasteiger partial charge in [0.2, 0.25) is 6.10 Å². The molecule has 1 saturated heterocycles. The van der Waals surface area contributed by atoms with E-state index in [-0.39, 0.29) is 12.4 Å². The minimum Gasteiger partial charge on any atom is -0.508 e. The average molecular weight is 476 g/mol. The predicted octanol–water partition coefficient (Wildman–Crippen LogP) is 4.59. The van der Waals surface area contributed by atoms with Crippen LogP contribution in [0, 0.1) is 0 Å². The molecule has 1 aliphatic heterocycles. The first-order valence-corrected chi connectivity index (χ1v) is 11.6. The Morgan fingerprint density at radius 1 is 1.00 bits per heavy atom. The number of carbonyl (C=O) groups is 2. The third-order valence-electron chi connectivity index (χ3n) is 6.09. The van der Waals surface area contributed by atoms with E-state index in [0.717, 1.165) is 16.0 Å². The van der Waals surface area contributed by atoms with E-state index < -0.39 is 30.3 Å². The predicted molar refractivity (Wildman–Crippen MR) is 130 cm³/mol. The first-order valence-electron chi connectivity index (χ1n) is 11.6. The SMILES string of the molecule is CC(C)c1ccc(O[C@@H](C(=O)N2C(=O)OC[C@H]2Cc2ccccc2)[C@@H](O)c2ccc(O)cc2)cc1. The number of ether oxygens (including phenoxy) is 2. The summed E-state index contributed by atoms with van der Waals surface area (Å²) >= 11 is 0. The van der Waals surface area contributed by atoms with Crippen molar-refractivity contribution in [2.45, 2.75) is 44.4 Å². The van der Waals surface area contributed by atoms with Crippen molar-refractivity contribution in [3.05, 3.63) is 95.6 Å². The first kappa shape index (κ1) is 24.3. The molecule has 0 bridgehead atoms. The number of aromatic hydroxyl groups is 1. The Bertz CT molecular complexity index is 1140. The van der Waals surface area contributed by atoms with Crippen LogP contribution in [0.5, 0.6) is 11.5 Å². The van der Waals surface area contributed by atoms with Gasteiger partial charge in [-0.3, -0.25) is 4.79 Å². The zero-order chi connectivity index (χ0) is 24.9. The zero-order valence-corrected chi connectivity index (χ0v) is 19.7. The van der Waals surface area contributed by atoms with Gasteiger partial charge in [-0.05, 0) is 53.3 Å². The van der Waals surface area contributed by atoms with E-state index in [4.69, 9.17) is 9.47 Å². The maximum absolute atomic E-state index is 13.7. The Morgan fingerprint density at radius 3 is 2.26 bits per heavy atom. The van der Waals surface area contributed by atoms with Gasteiger partial charge in [0.05, 0.1) is 6.04 Å². The van der Waals surface area contributed by atoms with Crippen LogP contribution >= 0.6 is 0 Å². The molecule has 182 valence electrons. The van der Waals surface area contributed by atoms with E-state index in [2.05, 4.69) is 13.8 Å². The molecule has 0 saturated carbocycles. The van der Waals surface area contributed by atoms with Crippen LogP contribution in [0.3, 0.4) is 0 Å². The van der Waals surface area contributed by atoms with Crippen molar-refractivity contribution in [2.75, 3.05) is 6.61 Å². The van der Waals surface area contributed by atoms with Gasteiger partial charge in [-0.15, -0.1) is 0 Å². The van der Waals surface area contributed by atoms with Crippen LogP contribution in [0.2, 0.25) is 0 Å². The molecule has 0 spiro atoms. The highest BCUT2D eigenvalue weighted by molar-refractivity contribution is 5.96. The van der Waals surface area contributed by atoms with Gasteiger partial charge in [0.1, 0.15) is 24.2 Å². The number of phenolic OH excluding ortho intramolecular Hbond substituents is 1. The molecule has 7 nitrogen and oxygen atoms in total. The second-order valence-electron chi connectivity index (χ2n) is 8.93. The highest BCUT2D eigenvalue weighted by Gasteiger charge is 2.44. The summed E-state index contributed by atoms with van der Waals surface area (Å²) in [6, 6.07) is 22.1. The van der Waals surface area contributed by atoms with Gasteiger partial charge in [0, 0.05) is 0 Å². The van der Waals surface area contributed by atoms with Crippen molar-refractivity contribution >= 4 is 12.0 Å². The Kier molecular flexibility index (Phi) is 7.36. The normalized spacial score (nSPS) is 17.2. The lowest BCUT2D eigenvalue weighted by Gasteiger charge is -2.28. The van der Waals surface area contributed by atoms with Crippen LogP contribution in [-0.4, -0.2) is 45.9 Å². The van der Waals surface area contributed by atoms with E-state index in [1.807, 2.05) is 42.5 Å². The molecule has 3 aromatic rings. The number of hydrogen-bond donors (Lipinski definition) is 2. The second-order valence-corrected chi connectivity index (χ2v) is 8.93. The number of rotatable bonds is 8. The third-order valence-corrected chi connectivity index (χ3v) is 6.09. The standard InChI is InChI=1S/C28H29NO6/c1-18(2)20-10-14-24(15-11-20)35-26(25(31)21-8-12-23(30)13-9-21)27(32)29-22(17-34-28(29)33)16-19-6-4-3-5-7-19/h3-15,18,22,25-26,30-31H,16-17H2,1-2H3/t22-,25+,26-/m1/s1. The summed E-state index contributed by atoms with van der Waals surface area (Å²) in [5, 5.41) is 20.8. The van der Waals surface area contributed by atoms with Gasteiger partial charge in [0.25, 0.3) is 5.91 Å². The van der Waals surface area contributed by atoms with Crippen molar-refractivity contribution < 1.29 is 29.3 Å². The van der Waals surface area contributed by atoms with Crippen molar-refractivity contribution in [1.29, 1.82) is 0 Å². The maximum atomic E-state index is 13.7. The summed E-state index contributed by atoms with van der Waals surface area (Å²) < 4.78 is 11.2. The van der Waals surface area contributed by atoms with Gasteiger partial charge >= 0.3 is 6.09 Å². The Morgan fingerprint density at radius 2 is 1.63 bits per heavy atom. The highest BCUT2D eigenvalue weighted by Crippen LogP contribution is 2.29. The lowest BCUT2D eigenvalue weighted by molar-refractivity contribution is -0.142. The van der Waals surface area contributed by atoms with Crippen LogP contribution in [0.4, 0.5) is 4.79 Å². The number of imide groups is 1. The molecule has 0 unspecified atom stereocenters. The summed E-state index contributed by atoms with van der Waals surface area (Å²) in [5.41, 5.74) is 2.42. The smallest absolute Gasteiger partial charge is 0.417 e. The van der Waals surface area contributed by atoms with Crippen LogP contribution in [-0.2, 0) is 16.0 Å². The van der Waals surface area contributed by atoms with Gasteiger partial charge in [-0.2, -0.15) is 0 Å². The molecular formula is C28H29NO6. The zero-order valence-electron chi connectivity index (χ0n) is 19.7. The summed E-state index contributed by atoms with van der Waals surface area (Å²) in [7, 11) is 0. The molecule has 2 amide bonds. The van der Waals surface area contributed by atoms with Crippen molar-refractivity contribution in [3.8, 4) is 11.5 Å². The second kappa shape index (κ2) is 10.6. The van der Waals surface area contributed by atoms with Crippen LogP contribution in [0.1, 0.15) is 42.6 Å². The molecule has 0 aromatic heterocycles. The third kappa shape index (κ3) is 5.63. The van der Waals surface area contributed by atoms with Crippen molar-refractivity contribution in [2.24, 2.45) is 0 Å². The van der Waals surface area contributed by atoms with Gasteiger partial charge in [-0.25, -0.2) is 9.69 Å². The number of phenols is 1. The van der Waals surface area contributed by atoms with E-state index in [1.54, 1.807) is 12.1 Å². The molecule has 1 fully saturated rings. The summed E-state index contributed by atoms with van der Waals surface area (Å²) in [4.78, 5) is 27.4. The molecule has 0 aliphatic carbocycles. The summed E-state index contributed by atoms with van der Waals surface area (Å²) in [6.45, 7) is 4.20. The monoisotopic (exact) mass is 475 g/mol. The van der Waals surface area contributed by atoms with E-state index in [9.17, 15) is 19.8 Å². The molecule has 1 aliphatic rings. The molecule has 0 radical (unpaired) electrons. The number of amides is 2. The molecule has 7 heteroatoms. The average Bonchev–Trinajstić information content (AvgIpc) is 3.22. The molecule has 4 rings (SSSR count). The van der Waals surface area contributed by atoms with E-state index in [1.165, 1.54) is 24.3 Å². The molecule has 3 aromatic carbocycles. The Hall–Kier alpha value is -3.84. The van der Waals surface area contributed by atoms with Crippen LogP contribution in [0.15, 0.2) is 78.9 Å². The Labute approximate surface area is 204 Å². The van der Waals surface area contributed by atoms with Gasteiger partial charge in [0.15, 0.2) is 0 Å². The quantitative estimate of drug-likeness (QED) is 0.495. The summed E-state index contributed by atoms with van der Waals surface area (Å²) in [6.07, 6.45) is -3.15. The fourth-order valence-electron chi connectivity index (χ4n) is 4.08. The van der Waals surface area contributed by atoms with Crippen LogP contribution in [0.25, 0.3) is 0 Å². The number of aliphatic hydroxyl groups is 1.